The summed E-state index contributed by atoms with van der Waals surface area (Å²) in [5, 5.41) is 0. The fraction of sp³-hybridized carbons (Fsp3) is 0.300. The SMILES string of the molecule is COC(=O)c1ccc(CN(C)C(=O)[C@H]2CCOc3ccccc32)cc1. The Bertz CT molecular complexity index is 770. The van der Waals surface area contributed by atoms with Crippen LogP contribution in [0.2, 0.25) is 0 Å². The van der Waals surface area contributed by atoms with E-state index in [0.29, 0.717) is 25.1 Å². The smallest absolute Gasteiger partial charge is 0.337 e. The molecule has 1 amide bonds. The van der Waals surface area contributed by atoms with Crippen LogP contribution < -0.4 is 4.74 Å². The lowest BCUT2D eigenvalue weighted by Gasteiger charge is -2.28. The predicted octanol–water partition coefficient (Wildman–Crippen LogP) is 3.00. The zero-order valence-corrected chi connectivity index (χ0v) is 14.4. The van der Waals surface area contributed by atoms with Crippen molar-refractivity contribution < 1.29 is 19.1 Å². The van der Waals surface area contributed by atoms with Crippen LogP contribution in [0.4, 0.5) is 0 Å². The Labute approximate surface area is 147 Å². The summed E-state index contributed by atoms with van der Waals surface area (Å²) in [4.78, 5) is 26.1. The summed E-state index contributed by atoms with van der Waals surface area (Å²) in [7, 11) is 3.16. The quantitative estimate of drug-likeness (QED) is 0.804. The van der Waals surface area contributed by atoms with Gasteiger partial charge in [0.05, 0.1) is 25.2 Å². The van der Waals surface area contributed by atoms with Gasteiger partial charge in [0.2, 0.25) is 5.91 Å². The molecule has 0 saturated carbocycles. The van der Waals surface area contributed by atoms with Gasteiger partial charge < -0.3 is 14.4 Å². The van der Waals surface area contributed by atoms with Gasteiger partial charge in [-0.1, -0.05) is 30.3 Å². The molecule has 5 heteroatoms. The zero-order valence-electron chi connectivity index (χ0n) is 14.4. The Morgan fingerprint density at radius 3 is 2.60 bits per heavy atom. The molecule has 1 aliphatic heterocycles. The van der Waals surface area contributed by atoms with Gasteiger partial charge in [-0.2, -0.15) is 0 Å². The molecule has 2 aromatic carbocycles. The van der Waals surface area contributed by atoms with Crippen molar-refractivity contribution in [2.24, 2.45) is 0 Å². The van der Waals surface area contributed by atoms with E-state index in [1.807, 2.05) is 36.4 Å². The van der Waals surface area contributed by atoms with Crippen LogP contribution in [0.3, 0.4) is 0 Å². The molecule has 0 unspecified atom stereocenters. The van der Waals surface area contributed by atoms with E-state index in [0.717, 1.165) is 16.9 Å². The molecule has 3 rings (SSSR count). The van der Waals surface area contributed by atoms with E-state index in [2.05, 4.69) is 0 Å². The monoisotopic (exact) mass is 339 g/mol. The van der Waals surface area contributed by atoms with E-state index in [1.165, 1.54) is 7.11 Å². The molecule has 0 bridgehead atoms. The number of benzene rings is 2. The van der Waals surface area contributed by atoms with E-state index in [-0.39, 0.29) is 17.8 Å². The van der Waals surface area contributed by atoms with Crippen LogP contribution in [0.15, 0.2) is 48.5 Å². The normalized spacial score (nSPS) is 15.7. The standard InChI is InChI=1S/C20H21NO4/c1-21(13-14-7-9-15(10-8-14)20(23)24-2)19(22)17-11-12-25-18-6-4-3-5-16(17)18/h3-10,17H,11-13H2,1-2H3/t17-/m0/s1. The fourth-order valence-corrected chi connectivity index (χ4v) is 3.08. The topological polar surface area (TPSA) is 55.8 Å². The molecular formula is C20H21NO4. The number of para-hydroxylation sites is 1. The fourth-order valence-electron chi connectivity index (χ4n) is 3.08. The lowest BCUT2D eigenvalue weighted by molar-refractivity contribution is -0.132. The number of likely N-dealkylation sites (N-methyl/N-ethyl adjacent to an activating group) is 1. The first kappa shape index (κ1) is 17.0. The second-order valence-corrected chi connectivity index (χ2v) is 6.11. The molecule has 130 valence electrons. The van der Waals surface area contributed by atoms with Gasteiger partial charge in [0.25, 0.3) is 0 Å². The number of rotatable bonds is 4. The van der Waals surface area contributed by atoms with Gasteiger partial charge in [0.1, 0.15) is 5.75 Å². The first-order valence-corrected chi connectivity index (χ1v) is 8.24. The Morgan fingerprint density at radius 2 is 1.88 bits per heavy atom. The van der Waals surface area contributed by atoms with Gasteiger partial charge in [-0.15, -0.1) is 0 Å². The molecule has 0 aliphatic carbocycles. The zero-order chi connectivity index (χ0) is 17.8. The van der Waals surface area contributed by atoms with Crippen molar-refractivity contribution in [3.05, 3.63) is 65.2 Å². The maximum absolute atomic E-state index is 12.9. The van der Waals surface area contributed by atoms with Crippen molar-refractivity contribution >= 4 is 11.9 Å². The molecule has 0 spiro atoms. The van der Waals surface area contributed by atoms with Crippen molar-refractivity contribution in [3.63, 3.8) is 0 Å². The Balaban J connectivity index is 1.70. The third-order valence-corrected chi connectivity index (χ3v) is 4.43. The molecular weight excluding hydrogens is 318 g/mol. The summed E-state index contributed by atoms with van der Waals surface area (Å²) >= 11 is 0. The third-order valence-electron chi connectivity index (χ3n) is 4.43. The van der Waals surface area contributed by atoms with E-state index < -0.39 is 0 Å². The van der Waals surface area contributed by atoms with Gasteiger partial charge in [-0.25, -0.2) is 4.79 Å². The minimum atomic E-state index is -0.366. The molecule has 0 aromatic heterocycles. The Kier molecular flexibility index (Phi) is 5.03. The summed E-state index contributed by atoms with van der Waals surface area (Å²) in [6.45, 7) is 1.04. The molecule has 1 aliphatic rings. The summed E-state index contributed by atoms with van der Waals surface area (Å²) in [5.41, 5.74) is 2.41. The van der Waals surface area contributed by atoms with Crippen molar-refractivity contribution in [2.45, 2.75) is 18.9 Å². The minimum absolute atomic E-state index is 0.0767. The number of amides is 1. The van der Waals surface area contributed by atoms with Gasteiger partial charge in [-0.3, -0.25) is 4.79 Å². The van der Waals surface area contributed by atoms with Gasteiger partial charge in [-0.05, 0) is 30.2 Å². The number of fused-ring (bicyclic) bond motifs is 1. The van der Waals surface area contributed by atoms with Crippen molar-refractivity contribution in [3.8, 4) is 5.75 Å². The number of esters is 1. The molecule has 25 heavy (non-hydrogen) atoms. The highest BCUT2D eigenvalue weighted by Crippen LogP contribution is 2.34. The minimum Gasteiger partial charge on any atom is -0.493 e. The predicted molar refractivity (Wildman–Crippen MR) is 93.6 cm³/mol. The van der Waals surface area contributed by atoms with Crippen LogP contribution >= 0.6 is 0 Å². The molecule has 0 radical (unpaired) electrons. The molecule has 1 heterocycles. The number of carbonyl (C=O) groups excluding carboxylic acids is 2. The number of methoxy groups -OCH3 is 1. The van der Waals surface area contributed by atoms with Gasteiger partial charge in [0, 0.05) is 19.2 Å². The average Bonchev–Trinajstić information content (AvgIpc) is 2.67. The number of carbonyl (C=O) groups is 2. The number of ether oxygens (including phenoxy) is 2. The van der Waals surface area contributed by atoms with Gasteiger partial charge >= 0.3 is 5.97 Å². The average molecular weight is 339 g/mol. The number of hydrogen-bond donors (Lipinski definition) is 0. The van der Waals surface area contributed by atoms with Crippen LogP contribution in [0, 0.1) is 0 Å². The third kappa shape index (κ3) is 3.65. The number of nitrogens with zero attached hydrogens (tertiary/aromatic N) is 1. The Morgan fingerprint density at radius 1 is 1.16 bits per heavy atom. The summed E-state index contributed by atoms with van der Waals surface area (Å²) in [6.07, 6.45) is 0.682. The summed E-state index contributed by atoms with van der Waals surface area (Å²) in [5.74, 6) is 0.329. The summed E-state index contributed by atoms with van der Waals surface area (Å²) in [6, 6.07) is 14.8. The lowest BCUT2D eigenvalue weighted by Crippen LogP contribution is -2.33. The molecule has 0 N–H and O–H groups in total. The van der Waals surface area contributed by atoms with Gasteiger partial charge in [0.15, 0.2) is 0 Å². The highest BCUT2D eigenvalue weighted by Gasteiger charge is 2.29. The second-order valence-electron chi connectivity index (χ2n) is 6.11. The summed E-state index contributed by atoms with van der Waals surface area (Å²) < 4.78 is 10.3. The molecule has 0 saturated heterocycles. The van der Waals surface area contributed by atoms with Crippen molar-refractivity contribution in [1.29, 1.82) is 0 Å². The van der Waals surface area contributed by atoms with Crippen LogP contribution in [0.1, 0.15) is 33.8 Å². The van der Waals surface area contributed by atoms with Crippen molar-refractivity contribution in [1.82, 2.24) is 4.90 Å². The largest absolute Gasteiger partial charge is 0.493 e. The molecule has 1 atom stereocenters. The molecule has 2 aromatic rings. The molecule has 0 fully saturated rings. The maximum Gasteiger partial charge on any atom is 0.337 e. The first-order chi connectivity index (χ1) is 12.1. The van der Waals surface area contributed by atoms with E-state index in [9.17, 15) is 9.59 Å². The highest BCUT2D eigenvalue weighted by molar-refractivity contribution is 5.89. The lowest BCUT2D eigenvalue weighted by atomic mass is 9.92. The van der Waals surface area contributed by atoms with E-state index in [1.54, 1.807) is 24.1 Å². The maximum atomic E-state index is 12.9. The Hall–Kier alpha value is -2.82. The first-order valence-electron chi connectivity index (χ1n) is 8.24. The highest BCUT2D eigenvalue weighted by atomic mass is 16.5. The van der Waals surface area contributed by atoms with E-state index >= 15 is 0 Å². The van der Waals surface area contributed by atoms with E-state index in [4.69, 9.17) is 9.47 Å². The van der Waals surface area contributed by atoms with Crippen LogP contribution in [0.25, 0.3) is 0 Å². The van der Waals surface area contributed by atoms with Crippen LogP contribution in [0.5, 0.6) is 5.75 Å². The second kappa shape index (κ2) is 7.38. The number of hydrogen-bond acceptors (Lipinski definition) is 4. The van der Waals surface area contributed by atoms with Crippen molar-refractivity contribution in [2.75, 3.05) is 20.8 Å². The van der Waals surface area contributed by atoms with Crippen LogP contribution in [-0.4, -0.2) is 37.5 Å². The molecule has 5 nitrogen and oxygen atoms in total. The van der Waals surface area contributed by atoms with Crippen LogP contribution in [-0.2, 0) is 16.1 Å².